The Labute approximate surface area is 106 Å². The average molecular weight is 251 g/mol. The molecule has 98 valence electrons. The summed E-state index contributed by atoms with van der Waals surface area (Å²) in [7, 11) is 3.20. The van der Waals surface area contributed by atoms with Crippen molar-refractivity contribution in [1.29, 1.82) is 0 Å². The highest BCUT2D eigenvalue weighted by molar-refractivity contribution is 5.93. The van der Waals surface area contributed by atoms with Crippen LogP contribution in [0.2, 0.25) is 0 Å². The molecule has 5 nitrogen and oxygen atoms in total. The van der Waals surface area contributed by atoms with E-state index in [2.05, 4.69) is 0 Å². The van der Waals surface area contributed by atoms with E-state index < -0.39 is 12.4 Å². The molecule has 1 aromatic carbocycles. The number of hydrogen-bond acceptors (Lipinski definition) is 3. The van der Waals surface area contributed by atoms with Gasteiger partial charge >= 0.3 is 5.97 Å². The summed E-state index contributed by atoms with van der Waals surface area (Å²) in [5.74, 6) is -0.717. The van der Waals surface area contributed by atoms with Gasteiger partial charge in [-0.3, -0.25) is 9.59 Å². The van der Waals surface area contributed by atoms with Crippen molar-refractivity contribution in [3.05, 3.63) is 29.8 Å². The third kappa shape index (κ3) is 4.45. The van der Waals surface area contributed by atoms with Gasteiger partial charge in [-0.15, -0.1) is 0 Å². The van der Waals surface area contributed by atoms with Gasteiger partial charge in [-0.1, -0.05) is 12.1 Å². The minimum Gasteiger partial charge on any atom is -0.497 e. The summed E-state index contributed by atoms with van der Waals surface area (Å²) in [5, 5.41) is 8.52. The normalized spacial score (nSPS) is 9.89. The third-order valence-electron chi connectivity index (χ3n) is 2.60. The number of carboxylic acids is 1. The first-order valence-corrected chi connectivity index (χ1v) is 5.61. The molecule has 0 spiro atoms. The zero-order valence-electron chi connectivity index (χ0n) is 10.5. The second-order valence-corrected chi connectivity index (χ2v) is 3.99. The Bertz CT molecular complexity index is 431. The fraction of sp³-hybridized carbons (Fsp3) is 0.385. The lowest BCUT2D eigenvalue weighted by Crippen LogP contribution is -2.30. The van der Waals surface area contributed by atoms with Crippen molar-refractivity contribution in [3.63, 3.8) is 0 Å². The van der Waals surface area contributed by atoms with Crippen molar-refractivity contribution in [2.75, 3.05) is 20.7 Å². The first-order chi connectivity index (χ1) is 8.52. The zero-order valence-corrected chi connectivity index (χ0v) is 10.5. The van der Waals surface area contributed by atoms with Crippen molar-refractivity contribution < 1.29 is 19.4 Å². The summed E-state index contributed by atoms with van der Waals surface area (Å²) in [5.41, 5.74) is 1.05. The molecule has 0 aliphatic carbocycles. The number of carboxylic acid groups (broad SMARTS) is 1. The molecule has 0 saturated carbocycles. The highest BCUT2D eigenvalue weighted by atomic mass is 16.5. The third-order valence-corrected chi connectivity index (χ3v) is 2.60. The Morgan fingerprint density at radius 2 is 2.11 bits per heavy atom. The lowest BCUT2D eigenvalue weighted by Gasteiger charge is -2.16. The largest absolute Gasteiger partial charge is 0.497 e. The van der Waals surface area contributed by atoms with Crippen molar-refractivity contribution >= 4 is 11.9 Å². The van der Waals surface area contributed by atoms with Crippen LogP contribution in [0.5, 0.6) is 5.75 Å². The molecule has 0 saturated heterocycles. The lowest BCUT2D eigenvalue weighted by molar-refractivity contribution is -0.143. The van der Waals surface area contributed by atoms with E-state index in [-0.39, 0.29) is 5.91 Å². The molecule has 0 unspecified atom stereocenters. The smallest absolute Gasteiger partial charge is 0.312 e. The molecule has 18 heavy (non-hydrogen) atoms. The van der Waals surface area contributed by atoms with Crippen molar-refractivity contribution in [1.82, 2.24) is 4.90 Å². The Hall–Kier alpha value is -2.04. The maximum atomic E-state index is 11.4. The molecular formula is C13H17NO4. The molecule has 0 atom stereocenters. The Kier molecular flexibility index (Phi) is 5.17. The first kappa shape index (κ1) is 14.0. The van der Waals surface area contributed by atoms with Crippen LogP contribution in [0.3, 0.4) is 0 Å². The quantitative estimate of drug-likeness (QED) is 0.771. The zero-order chi connectivity index (χ0) is 13.5. The van der Waals surface area contributed by atoms with Crippen molar-refractivity contribution in [2.45, 2.75) is 12.8 Å². The fourth-order valence-electron chi connectivity index (χ4n) is 1.51. The van der Waals surface area contributed by atoms with Crippen LogP contribution in [0.15, 0.2) is 24.3 Å². The van der Waals surface area contributed by atoms with E-state index in [4.69, 9.17) is 9.84 Å². The summed E-state index contributed by atoms with van der Waals surface area (Å²) in [6, 6.07) is 7.57. The molecule has 0 heterocycles. The fourth-order valence-corrected chi connectivity index (χ4v) is 1.51. The predicted octanol–water partition coefficient (Wildman–Crippen LogP) is 1.17. The number of rotatable bonds is 6. The van der Waals surface area contributed by atoms with Crippen LogP contribution in [0, 0.1) is 0 Å². The van der Waals surface area contributed by atoms with Gasteiger partial charge in [0.25, 0.3) is 0 Å². The number of benzene rings is 1. The summed E-state index contributed by atoms with van der Waals surface area (Å²) in [6.07, 6.45) is 0.202. The van der Waals surface area contributed by atoms with Crippen molar-refractivity contribution in [3.8, 4) is 5.75 Å². The number of carbonyl (C=O) groups is 2. The van der Waals surface area contributed by atoms with E-state index in [1.807, 2.05) is 24.3 Å². The van der Waals surface area contributed by atoms with Gasteiger partial charge in [0.05, 0.1) is 7.11 Å². The van der Waals surface area contributed by atoms with Gasteiger partial charge in [0.1, 0.15) is 12.2 Å². The second kappa shape index (κ2) is 6.64. The number of likely N-dealkylation sites (N-methyl/N-ethyl adjacent to an activating group) is 1. The second-order valence-electron chi connectivity index (χ2n) is 3.99. The van der Waals surface area contributed by atoms with Gasteiger partial charge in [0.15, 0.2) is 0 Å². The van der Waals surface area contributed by atoms with Crippen LogP contribution >= 0.6 is 0 Å². The molecule has 1 N–H and O–H groups in total. The van der Waals surface area contributed by atoms with Crippen molar-refractivity contribution in [2.24, 2.45) is 0 Å². The standard InChI is InChI=1S/C13H17NO4/c1-14(12(15)9-13(16)17)7-6-10-4-3-5-11(8-10)18-2/h3-5,8H,6-7,9H2,1-2H3,(H,16,17). The topological polar surface area (TPSA) is 66.8 Å². The van der Waals surface area contributed by atoms with Gasteiger partial charge in [-0.2, -0.15) is 0 Å². The lowest BCUT2D eigenvalue weighted by atomic mass is 10.1. The maximum Gasteiger partial charge on any atom is 0.312 e. The van der Waals surface area contributed by atoms with Gasteiger partial charge in [0, 0.05) is 13.6 Å². The minimum atomic E-state index is -1.10. The molecule has 0 aliphatic heterocycles. The number of nitrogens with zero attached hydrogens (tertiary/aromatic N) is 1. The molecule has 0 aliphatic rings. The van der Waals surface area contributed by atoms with Gasteiger partial charge in [-0.05, 0) is 24.1 Å². The molecule has 0 fully saturated rings. The van der Waals surface area contributed by atoms with Gasteiger partial charge in [0.2, 0.25) is 5.91 Å². The van der Waals surface area contributed by atoms with Crippen LogP contribution in [0.1, 0.15) is 12.0 Å². The molecule has 0 bridgehead atoms. The predicted molar refractivity (Wildman–Crippen MR) is 66.6 cm³/mol. The van der Waals surface area contributed by atoms with Gasteiger partial charge in [-0.25, -0.2) is 0 Å². The first-order valence-electron chi connectivity index (χ1n) is 5.61. The summed E-state index contributed by atoms with van der Waals surface area (Å²) in [4.78, 5) is 23.3. The van der Waals surface area contributed by atoms with Crippen LogP contribution in [0.4, 0.5) is 0 Å². The molecular weight excluding hydrogens is 234 g/mol. The van der Waals surface area contributed by atoms with E-state index in [1.165, 1.54) is 4.90 Å². The van der Waals surface area contributed by atoms with E-state index in [1.54, 1.807) is 14.2 Å². The molecule has 1 aromatic rings. The number of ether oxygens (including phenoxy) is 1. The highest BCUT2D eigenvalue weighted by Gasteiger charge is 2.12. The van der Waals surface area contributed by atoms with E-state index >= 15 is 0 Å². The maximum absolute atomic E-state index is 11.4. The monoisotopic (exact) mass is 251 g/mol. The van der Waals surface area contributed by atoms with E-state index in [9.17, 15) is 9.59 Å². The Balaban J connectivity index is 2.48. The summed E-state index contributed by atoms with van der Waals surface area (Å²) in [6.45, 7) is 0.485. The molecule has 5 heteroatoms. The number of aliphatic carboxylic acids is 1. The Morgan fingerprint density at radius 3 is 2.72 bits per heavy atom. The van der Waals surface area contributed by atoms with Crippen LogP contribution in [0.25, 0.3) is 0 Å². The number of methoxy groups -OCH3 is 1. The minimum absolute atomic E-state index is 0.384. The summed E-state index contributed by atoms with van der Waals surface area (Å²) >= 11 is 0. The molecule has 0 radical (unpaired) electrons. The van der Waals surface area contributed by atoms with Crippen LogP contribution in [-0.4, -0.2) is 42.6 Å². The molecule has 0 aromatic heterocycles. The molecule has 1 amide bonds. The number of carbonyl (C=O) groups excluding carboxylic acids is 1. The van der Waals surface area contributed by atoms with Crippen LogP contribution < -0.4 is 4.74 Å². The SMILES string of the molecule is COc1cccc(CCN(C)C(=O)CC(=O)O)c1. The van der Waals surface area contributed by atoms with Crippen LogP contribution in [-0.2, 0) is 16.0 Å². The Morgan fingerprint density at radius 1 is 1.39 bits per heavy atom. The van der Waals surface area contributed by atoms with E-state index in [0.717, 1.165) is 11.3 Å². The molecule has 1 rings (SSSR count). The number of amides is 1. The average Bonchev–Trinajstić information content (AvgIpc) is 2.35. The van der Waals surface area contributed by atoms with E-state index in [0.29, 0.717) is 13.0 Å². The highest BCUT2D eigenvalue weighted by Crippen LogP contribution is 2.13. The summed E-state index contributed by atoms with van der Waals surface area (Å²) < 4.78 is 5.10. The number of hydrogen-bond donors (Lipinski definition) is 1. The van der Waals surface area contributed by atoms with Gasteiger partial charge < -0.3 is 14.7 Å².